The lowest BCUT2D eigenvalue weighted by Crippen LogP contribution is -2.28. The second-order valence-corrected chi connectivity index (χ2v) is 4.85. The van der Waals surface area contributed by atoms with Crippen molar-refractivity contribution in [2.75, 3.05) is 7.05 Å². The number of nitrogens with zero attached hydrogens (tertiary/aromatic N) is 4. The third-order valence-electron chi connectivity index (χ3n) is 3.85. The Bertz CT molecular complexity index is 512. The Balaban J connectivity index is 3.17. The Labute approximate surface area is 114 Å². The van der Waals surface area contributed by atoms with Crippen molar-refractivity contribution in [2.45, 2.75) is 45.6 Å². The topological polar surface area (TPSA) is 74.6 Å². The summed E-state index contributed by atoms with van der Waals surface area (Å²) in [5, 5.41) is 27.1. The zero-order chi connectivity index (χ0) is 14.4. The second kappa shape index (κ2) is 6.62. The molecule has 0 atom stereocenters. The summed E-state index contributed by atoms with van der Waals surface area (Å²) >= 11 is 0. The van der Waals surface area contributed by atoms with Crippen molar-refractivity contribution in [3.63, 3.8) is 0 Å². The third-order valence-corrected chi connectivity index (χ3v) is 3.85. The van der Waals surface area contributed by atoms with Crippen LogP contribution in [0.15, 0.2) is 22.4 Å². The van der Waals surface area contributed by atoms with Gasteiger partial charge in [0.1, 0.15) is 23.8 Å². The fraction of sp³-hybridized carbons (Fsp3) is 0.533. The summed E-state index contributed by atoms with van der Waals surface area (Å²) in [5.41, 5.74) is 1.76. The third kappa shape index (κ3) is 3.15. The number of nitriles is 3. The highest BCUT2D eigenvalue weighted by Crippen LogP contribution is 2.27. The first-order valence-corrected chi connectivity index (χ1v) is 6.42. The monoisotopic (exact) mass is 254 g/mol. The molecule has 0 amide bonds. The molecule has 0 N–H and O–H groups in total. The van der Waals surface area contributed by atoms with Crippen molar-refractivity contribution >= 4 is 0 Å². The van der Waals surface area contributed by atoms with Gasteiger partial charge in [0.05, 0.1) is 5.57 Å². The minimum Gasteiger partial charge on any atom is -0.374 e. The smallest absolute Gasteiger partial charge is 0.133 e. The maximum Gasteiger partial charge on any atom is 0.133 e. The average molecular weight is 254 g/mol. The number of rotatable bonds is 3. The number of hydrogen-bond donors (Lipinski definition) is 0. The van der Waals surface area contributed by atoms with Gasteiger partial charge in [-0.3, -0.25) is 0 Å². The molecule has 0 saturated heterocycles. The molecule has 1 fully saturated rings. The van der Waals surface area contributed by atoms with Crippen molar-refractivity contribution in [2.24, 2.45) is 0 Å². The lowest BCUT2D eigenvalue weighted by atomic mass is 10.0. The van der Waals surface area contributed by atoms with Crippen LogP contribution >= 0.6 is 0 Å². The molecule has 19 heavy (non-hydrogen) atoms. The zero-order valence-electron chi connectivity index (χ0n) is 11.7. The van der Waals surface area contributed by atoms with Crippen LogP contribution in [-0.4, -0.2) is 18.0 Å². The van der Waals surface area contributed by atoms with Crippen molar-refractivity contribution in [3.05, 3.63) is 22.4 Å². The average Bonchev–Trinajstić information content (AvgIpc) is 2.94. The van der Waals surface area contributed by atoms with E-state index in [0.717, 1.165) is 18.5 Å². The van der Waals surface area contributed by atoms with Gasteiger partial charge in [-0.25, -0.2) is 0 Å². The van der Waals surface area contributed by atoms with E-state index in [9.17, 15) is 5.26 Å². The molecule has 1 rings (SSSR count). The maximum atomic E-state index is 9.31. The summed E-state index contributed by atoms with van der Waals surface area (Å²) < 4.78 is 0. The molecular weight excluding hydrogens is 236 g/mol. The van der Waals surface area contributed by atoms with E-state index >= 15 is 0 Å². The van der Waals surface area contributed by atoms with E-state index in [1.807, 2.05) is 26.1 Å². The normalized spacial score (nSPS) is 15.8. The van der Waals surface area contributed by atoms with Crippen LogP contribution in [-0.2, 0) is 0 Å². The summed E-state index contributed by atoms with van der Waals surface area (Å²) in [5.74, 6) is 0. The fourth-order valence-electron chi connectivity index (χ4n) is 2.50. The van der Waals surface area contributed by atoms with Gasteiger partial charge in [-0.2, -0.15) is 15.8 Å². The molecule has 0 aliphatic heterocycles. The largest absolute Gasteiger partial charge is 0.374 e. The van der Waals surface area contributed by atoms with Gasteiger partial charge in [0, 0.05) is 18.8 Å². The highest BCUT2D eigenvalue weighted by molar-refractivity contribution is 5.54. The molecule has 0 bridgehead atoms. The minimum atomic E-state index is 0.00993. The van der Waals surface area contributed by atoms with Crippen LogP contribution in [0.2, 0.25) is 0 Å². The summed E-state index contributed by atoms with van der Waals surface area (Å²) in [7, 11) is 1.98. The molecule has 0 spiro atoms. The Kier molecular flexibility index (Phi) is 5.16. The summed E-state index contributed by atoms with van der Waals surface area (Å²) in [6, 6.07) is 6.28. The van der Waals surface area contributed by atoms with E-state index < -0.39 is 0 Å². The van der Waals surface area contributed by atoms with Crippen LogP contribution in [0.1, 0.15) is 39.5 Å². The van der Waals surface area contributed by atoms with Crippen molar-refractivity contribution in [3.8, 4) is 18.2 Å². The zero-order valence-corrected chi connectivity index (χ0v) is 11.7. The van der Waals surface area contributed by atoms with Gasteiger partial charge in [0.2, 0.25) is 0 Å². The summed E-state index contributed by atoms with van der Waals surface area (Å²) in [6.45, 7) is 3.54. The summed E-state index contributed by atoms with van der Waals surface area (Å²) in [4.78, 5) is 2.11. The van der Waals surface area contributed by atoms with Gasteiger partial charge in [-0.1, -0.05) is 12.8 Å². The molecule has 0 aromatic heterocycles. The SMILES string of the molecule is CC(=C(C#N)C#N)/C(C#N)=C(\C)N(C)C1CCCC1. The lowest BCUT2D eigenvalue weighted by Gasteiger charge is -2.28. The van der Waals surface area contributed by atoms with E-state index in [-0.39, 0.29) is 5.57 Å². The molecule has 0 aromatic rings. The Hall–Kier alpha value is -2.25. The first-order chi connectivity index (χ1) is 9.06. The van der Waals surface area contributed by atoms with Crippen molar-refractivity contribution in [1.82, 2.24) is 4.90 Å². The maximum absolute atomic E-state index is 9.31. The van der Waals surface area contributed by atoms with Crippen LogP contribution in [0.25, 0.3) is 0 Å². The minimum absolute atomic E-state index is 0.00993. The molecule has 1 saturated carbocycles. The molecule has 0 unspecified atom stereocenters. The molecular formula is C15H18N4. The second-order valence-electron chi connectivity index (χ2n) is 4.85. The van der Waals surface area contributed by atoms with Crippen LogP contribution in [0.3, 0.4) is 0 Å². The number of allylic oxidation sites excluding steroid dienone is 4. The van der Waals surface area contributed by atoms with Gasteiger partial charge in [-0.05, 0) is 32.3 Å². The van der Waals surface area contributed by atoms with Crippen molar-refractivity contribution < 1.29 is 0 Å². The first-order valence-electron chi connectivity index (χ1n) is 6.42. The summed E-state index contributed by atoms with van der Waals surface area (Å²) in [6.07, 6.45) is 4.72. The Morgan fingerprint density at radius 3 is 1.95 bits per heavy atom. The van der Waals surface area contributed by atoms with Gasteiger partial charge in [0.15, 0.2) is 0 Å². The lowest BCUT2D eigenvalue weighted by molar-refractivity contribution is 0.307. The van der Waals surface area contributed by atoms with E-state index in [4.69, 9.17) is 10.5 Å². The van der Waals surface area contributed by atoms with Gasteiger partial charge >= 0.3 is 0 Å². The molecule has 1 aliphatic rings. The molecule has 0 radical (unpaired) electrons. The highest BCUT2D eigenvalue weighted by Gasteiger charge is 2.22. The van der Waals surface area contributed by atoms with Crippen LogP contribution in [0, 0.1) is 34.0 Å². The van der Waals surface area contributed by atoms with E-state index in [1.165, 1.54) is 12.8 Å². The molecule has 0 heterocycles. The fourth-order valence-corrected chi connectivity index (χ4v) is 2.50. The standard InChI is InChI=1S/C15H18N4/c1-11(13(8-16)9-17)15(10-18)12(2)19(3)14-6-4-5-7-14/h14H,4-7H2,1-3H3/b15-12+. The van der Waals surface area contributed by atoms with E-state index in [1.54, 1.807) is 6.92 Å². The Morgan fingerprint density at radius 1 is 1.00 bits per heavy atom. The van der Waals surface area contributed by atoms with E-state index in [2.05, 4.69) is 11.0 Å². The highest BCUT2D eigenvalue weighted by atomic mass is 15.1. The Morgan fingerprint density at radius 2 is 1.53 bits per heavy atom. The molecule has 4 nitrogen and oxygen atoms in total. The molecule has 0 aromatic carbocycles. The predicted octanol–water partition coefficient (Wildman–Crippen LogP) is 3.02. The molecule has 98 valence electrons. The van der Waals surface area contributed by atoms with E-state index in [0.29, 0.717) is 17.2 Å². The first kappa shape index (κ1) is 14.8. The van der Waals surface area contributed by atoms with Gasteiger partial charge < -0.3 is 4.90 Å². The van der Waals surface area contributed by atoms with Crippen molar-refractivity contribution in [1.29, 1.82) is 15.8 Å². The van der Waals surface area contributed by atoms with Gasteiger partial charge in [-0.15, -0.1) is 0 Å². The van der Waals surface area contributed by atoms with Crippen LogP contribution < -0.4 is 0 Å². The quantitative estimate of drug-likeness (QED) is 0.573. The van der Waals surface area contributed by atoms with Crippen LogP contribution in [0.4, 0.5) is 0 Å². The molecule has 4 heteroatoms. The van der Waals surface area contributed by atoms with Crippen LogP contribution in [0.5, 0.6) is 0 Å². The number of hydrogen-bond acceptors (Lipinski definition) is 4. The van der Waals surface area contributed by atoms with Gasteiger partial charge in [0.25, 0.3) is 0 Å². The predicted molar refractivity (Wildman–Crippen MR) is 72.3 cm³/mol. The molecule has 1 aliphatic carbocycles.